The number of amides is 1. The standard InChI is InChI=1S/C16H30N2O4/c1-9-5-6-10(2)11(9)7-13(19)16(3,4)18-15(22)12(17)8-14(20)21/h9-13,19H,5-8,17H2,1-4H3,(H,18,22)(H,20,21)/t9?,10?,11?,12-,13?/m0/s1. The highest BCUT2D eigenvalue weighted by atomic mass is 16.4. The first-order valence-corrected chi connectivity index (χ1v) is 8.02. The van der Waals surface area contributed by atoms with E-state index in [1.54, 1.807) is 13.8 Å². The van der Waals surface area contributed by atoms with Gasteiger partial charge in [-0.1, -0.05) is 26.7 Å². The molecule has 0 aromatic rings. The summed E-state index contributed by atoms with van der Waals surface area (Å²) in [4.78, 5) is 22.6. The Balaban J connectivity index is 2.60. The van der Waals surface area contributed by atoms with Gasteiger partial charge in [0.1, 0.15) is 0 Å². The molecule has 6 heteroatoms. The van der Waals surface area contributed by atoms with Crippen molar-refractivity contribution in [2.75, 3.05) is 0 Å². The van der Waals surface area contributed by atoms with Crippen LogP contribution >= 0.6 is 0 Å². The molecule has 1 aliphatic rings. The summed E-state index contributed by atoms with van der Waals surface area (Å²) in [6.07, 6.45) is 1.86. The zero-order valence-corrected chi connectivity index (χ0v) is 14.0. The molecular weight excluding hydrogens is 284 g/mol. The summed E-state index contributed by atoms with van der Waals surface area (Å²) in [6, 6.07) is -1.10. The minimum atomic E-state index is -1.12. The highest BCUT2D eigenvalue weighted by molar-refractivity contribution is 5.86. The van der Waals surface area contributed by atoms with Crippen molar-refractivity contribution >= 4 is 11.9 Å². The number of aliphatic carboxylic acids is 1. The molecule has 1 rings (SSSR count). The molecule has 6 nitrogen and oxygen atoms in total. The number of rotatable bonds is 7. The topological polar surface area (TPSA) is 113 Å². The van der Waals surface area contributed by atoms with E-state index in [9.17, 15) is 14.7 Å². The number of nitrogens with one attached hydrogen (secondary N) is 1. The second-order valence-corrected chi connectivity index (χ2v) is 7.36. The van der Waals surface area contributed by atoms with Crippen LogP contribution in [0, 0.1) is 17.8 Å². The molecule has 22 heavy (non-hydrogen) atoms. The van der Waals surface area contributed by atoms with Gasteiger partial charge in [0.25, 0.3) is 0 Å². The van der Waals surface area contributed by atoms with Crippen LogP contribution in [0.1, 0.15) is 53.4 Å². The lowest BCUT2D eigenvalue weighted by Gasteiger charge is -2.35. The van der Waals surface area contributed by atoms with Crippen LogP contribution in [0.15, 0.2) is 0 Å². The Morgan fingerprint density at radius 1 is 1.27 bits per heavy atom. The third kappa shape index (κ3) is 4.95. The van der Waals surface area contributed by atoms with Gasteiger partial charge in [-0.25, -0.2) is 0 Å². The Hall–Kier alpha value is -1.14. The Labute approximate surface area is 132 Å². The van der Waals surface area contributed by atoms with E-state index >= 15 is 0 Å². The molecule has 1 amide bonds. The van der Waals surface area contributed by atoms with Gasteiger partial charge >= 0.3 is 5.97 Å². The number of aliphatic hydroxyl groups is 1. The van der Waals surface area contributed by atoms with Crippen molar-refractivity contribution in [1.82, 2.24) is 5.32 Å². The van der Waals surface area contributed by atoms with Crippen molar-refractivity contribution in [2.24, 2.45) is 23.5 Å². The average Bonchev–Trinajstić information content (AvgIpc) is 2.69. The maximum absolute atomic E-state index is 12.0. The van der Waals surface area contributed by atoms with Crippen LogP contribution in [0.25, 0.3) is 0 Å². The van der Waals surface area contributed by atoms with E-state index in [-0.39, 0.29) is 0 Å². The van der Waals surface area contributed by atoms with Gasteiger partial charge in [-0.15, -0.1) is 0 Å². The average molecular weight is 314 g/mol. The number of carboxylic acid groups (broad SMARTS) is 1. The third-order valence-electron chi connectivity index (χ3n) is 5.04. The fraction of sp³-hybridized carbons (Fsp3) is 0.875. The van der Waals surface area contributed by atoms with Gasteiger partial charge in [0.15, 0.2) is 0 Å². The molecule has 4 atom stereocenters. The third-order valence-corrected chi connectivity index (χ3v) is 5.04. The van der Waals surface area contributed by atoms with Gasteiger partial charge in [0, 0.05) is 0 Å². The lowest BCUT2D eigenvalue weighted by Crippen LogP contribution is -2.57. The minimum absolute atomic E-state index is 0.422. The fourth-order valence-electron chi connectivity index (χ4n) is 3.31. The fourth-order valence-corrected chi connectivity index (χ4v) is 3.31. The second kappa shape index (κ2) is 7.42. The van der Waals surface area contributed by atoms with Crippen molar-refractivity contribution in [1.29, 1.82) is 0 Å². The maximum Gasteiger partial charge on any atom is 0.305 e. The van der Waals surface area contributed by atoms with Crippen molar-refractivity contribution in [3.05, 3.63) is 0 Å². The SMILES string of the molecule is CC1CCC(C)C1CC(O)C(C)(C)NC(=O)[C@@H](N)CC(=O)O. The number of hydrogen-bond donors (Lipinski definition) is 4. The molecule has 0 aromatic carbocycles. The zero-order valence-electron chi connectivity index (χ0n) is 14.0. The molecule has 0 aliphatic heterocycles. The normalized spacial score (nSPS) is 28.2. The number of aliphatic hydroxyl groups excluding tert-OH is 1. The molecule has 128 valence electrons. The van der Waals surface area contributed by atoms with Crippen LogP contribution in [0.3, 0.4) is 0 Å². The zero-order chi connectivity index (χ0) is 17.1. The molecule has 0 bridgehead atoms. The van der Waals surface area contributed by atoms with Gasteiger partial charge in [0.05, 0.1) is 24.1 Å². The van der Waals surface area contributed by atoms with E-state index in [4.69, 9.17) is 10.8 Å². The van der Waals surface area contributed by atoms with E-state index in [1.165, 1.54) is 12.8 Å². The number of carbonyl (C=O) groups excluding carboxylic acids is 1. The summed E-state index contributed by atoms with van der Waals surface area (Å²) in [5.41, 5.74) is 4.72. The van der Waals surface area contributed by atoms with E-state index in [1.807, 2.05) is 0 Å². The molecular formula is C16H30N2O4. The van der Waals surface area contributed by atoms with Crippen LogP contribution in [-0.2, 0) is 9.59 Å². The summed E-state index contributed by atoms with van der Waals surface area (Å²) in [7, 11) is 0. The van der Waals surface area contributed by atoms with Crippen LogP contribution in [0.4, 0.5) is 0 Å². The summed E-state index contributed by atoms with van der Waals surface area (Å²) in [5, 5.41) is 21.9. The molecule has 1 saturated carbocycles. The Kier molecular flexibility index (Phi) is 6.38. The highest BCUT2D eigenvalue weighted by Gasteiger charge is 2.37. The van der Waals surface area contributed by atoms with Gasteiger partial charge in [-0.05, 0) is 38.0 Å². The minimum Gasteiger partial charge on any atom is -0.481 e. The smallest absolute Gasteiger partial charge is 0.305 e. The van der Waals surface area contributed by atoms with Crippen molar-refractivity contribution in [3.8, 4) is 0 Å². The monoisotopic (exact) mass is 314 g/mol. The van der Waals surface area contributed by atoms with E-state index in [0.717, 1.165) is 0 Å². The molecule has 0 aromatic heterocycles. The first kappa shape index (κ1) is 18.9. The predicted octanol–water partition coefficient (Wildman–Crippen LogP) is 1.12. The molecule has 0 radical (unpaired) electrons. The van der Waals surface area contributed by atoms with Crippen LogP contribution in [-0.4, -0.2) is 39.8 Å². The summed E-state index contributed by atoms with van der Waals surface area (Å²) in [6.45, 7) is 7.89. The Morgan fingerprint density at radius 2 is 1.77 bits per heavy atom. The summed E-state index contributed by atoms with van der Waals surface area (Å²) >= 11 is 0. The van der Waals surface area contributed by atoms with Gasteiger partial charge in [-0.2, -0.15) is 0 Å². The summed E-state index contributed by atoms with van der Waals surface area (Å²) < 4.78 is 0. The van der Waals surface area contributed by atoms with Crippen LogP contribution in [0.5, 0.6) is 0 Å². The van der Waals surface area contributed by atoms with Crippen LogP contribution < -0.4 is 11.1 Å². The maximum atomic E-state index is 12.0. The molecule has 1 fully saturated rings. The number of nitrogens with two attached hydrogens (primary N) is 1. The van der Waals surface area contributed by atoms with Crippen molar-refractivity contribution in [3.63, 3.8) is 0 Å². The van der Waals surface area contributed by atoms with Crippen molar-refractivity contribution in [2.45, 2.75) is 71.1 Å². The quantitative estimate of drug-likeness (QED) is 0.562. The molecule has 0 spiro atoms. The first-order chi connectivity index (χ1) is 10.0. The van der Waals surface area contributed by atoms with E-state index in [2.05, 4.69) is 19.2 Å². The summed E-state index contributed by atoms with van der Waals surface area (Å²) in [5.74, 6) is -0.0664. The van der Waals surface area contributed by atoms with E-state index < -0.39 is 36.0 Å². The Morgan fingerprint density at radius 3 is 2.23 bits per heavy atom. The number of carboxylic acids is 1. The first-order valence-electron chi connectivity index (χ1n) is 8.02. The molecule has 5 N–H and O–H groups in total. The van der Waals surface area contributed by atoms with Gasteiger partial charge in [0.2, 0.25) is 5.91 Å². The van der Waals surface area contributed by atoms with Crippen molar-refractivity contribution < 1.29 is 19.8 Å². The Bertz CT molecular complexity index is 401. The lowest BCUT2D eigenvalue weighted by atomic mass is 9.81. The largest absolute Gasteiger partial charge is 0.481 e. The second-order valence-electron chi connectivity index (χ2n) is 7.36. The van der Waals surface area contributed by atoms with Gasteiger partial charge < -0.3 is 21.3 Å². The molecule has 0 heterocycles. The lowest BCUT2D eigenvalue weighted by molar-refractivity contribution is -0.140. The highest BCUT2D eigenvalue weighted by Crippen LogP contribution is 2.40. The molecule has 3 unspecified atom stereocenters. The number of carbonyl (C=O) groups is 2. The van der Waals surface area contributed by atoms with E-state index in [0.29, 0.717) is 24.2 Å². The predicted molar refractivity (Wildman–Crippen MR) is 84.1 cm³/mol. The molecule has 0 saturated heterocycles. The van der Waals surface area contributed by atoms with Crippen LogP contribution in [0.2, 0.25) is 0 Å². The molecule has 1 aliphatic carbocycles. The van der Waals surface area contributed by atoms with Gasteiger partial charge in [-0.3, -0.25) is 9.59 Å². The number of hydrogen-bond acceptors (Lipinski definition) is 4.